The normalized spacial score (nSPS) is 18.1. The molecule has 188 valence electrons. The molecule has 1 spiro atoms. The Bertz CT molecular complexity index is 1250. The van der Waals surface area contributed by atoms with Crippen LogP contribution < -0.4 is 0 Å². The van der Waals surface area contributed by atoms with Crippen LogP contribution in [0.1, 0.15) is 36.0 Å². The second-order valence-corrected chi connectivity index (χ2v) is 10.1. The quantitative estimate of drug-likeness (QED) is 0.333. The number of likely N-dealkylation sites (tertiary alicyclic amines) is 1. The number of nitrogens with zero attached hydrogens (tertiary/aromatic N) is 3. The molecule has 6 nitrogen and oxygen atoms in total. The summed E-state index contributed by atoms with van der Waals surface area (Å²) in [5, 5.41) is 2.27. The van der Waals surface area contributed by atoms with E-state index in [1.54, 1.807) is 7.11 Å². The number of imide groups is 1. The van der Waals surface area contributed by atoms with E-state index >= 15 is 0 Å². The van der Waals surface area contributed by atoms with Gasteiger partial charge in [0, 0.05) is 39.9 Å². The maximum absolute atomic E-state index is 13.9. The Morgan fingerprint density at radius 1 is 0.889 bits per heavy atom. The molecule has 2 fully saturated rings. The van der Waals surface area contributed by atoms with Crippen LogP contribution in [0.25, 0.3) is 10.8 Å². The van der Waals surface area contributed by atoms with E-state index in [-0.39, 0.29) is 11.9 Å². The van der Waals surface area contributed by atoms with Crippen LogP contribution in [0.2, 0.25) is 0 Å². The molecule has 3 amide bonds. The molecule has 2 saturated heterocycles. The number of hydrogen-bond acceptors (Lipinski definition) is 4. The van der Waals surface area contributed by atoms with E-state index in [0.29, 0.717) is 39.0 Å². The van der Waals surface area contributed by atoms with Gasteiger partial charge in [-0.2, -0.15) is 0 Å². The first-order chi connectivity index (χ1) is 17.5. The van der Waals surface area contributed by atoms with Crippen LogP contribution in [0.3, 0.4) is 0 Å². The molecule has 2 aliphatic heterocycles. The van der Waals surface area contributed by atoms with Gasteiger partial charge < -0.3 is 9.64 Å². The molecule has 0 unspecified atom stereocenters. The van der Waals surface area contributed by atoms with Crippen molar-refractivity contribution >= 4 is 22.7 Å². The Morgan fingerprint density at radius 2 is 1.61 bits per heavy atom. The number of fused-ring (bicyclic) bond motifs is 1. The molecule has 0 radical (unpaired) electrons. The summed E-state index contributed by atoms with van der Waals surface area (Å²) in [6.45, 7) is 5.99. The van der Waals surface area contributed by atoms with Crippen molar-refractivity contribution in [3.63, 3.8) is 0 Å². The molecule has 36 heavy (non-hydrogen) atoms. The molecule has 3 aromatic carbocycles. The first kappa shape index (κ1) is 24.5. The summed E-state index contributed by atoms with van der Waals surface area (Å²) in [4.78, 5) is 33.3. The molecule has 6 heteroatoms. The summed E-state index contributed by atoms with van der Waals surface area (Å²) in [5.74, 6) is -0.0476. The Morgan fingerprint density at radius 3 is 2.36 bits per heavy atom. The molecular weight excluding hydrogens is 450 g/mol. The van der Waals surface area contributed by atoms with E-state index in [0.717, 1.165) is 36.0 Å². The van der Waals surface area contributed by atoms with Gasteiger partial charge in [0.25, 0.3) is 5.91 Å². The smallest absolute Gasteiger partial charge is 0.327 e. The number of piperidine rings is 1. The van der Waals surface area contributed by atoms with Gasteiger partial charge in [0.05, 0.1) is 6.54 Å². The topological polar surface area (TPSA) is 53.1 Å². The third-order valence-electron chi connectivity index (χ3n) is 7.84. The van der Waals surface area contributed by atoms with Crippen LogP contribution in [0, 0.1) is 6.92 Å². The first-order valence-electron chi connectivity index (χ1n) is 12.9. The summed E-state index contributed by atoms with van der Waals surface area (Å²) in [6.07, 6.45) is 2.03. The SMILES string of the molecule is COCCCN1C(=O)N(Cc2ccc3ccccc3c2)C(=O)C12CCN(Cc1ccccc1C)CC2. The number of ether oxygens (including phenoxy) is 1. The van der Waals surface area contributed by atoms with Gasteiger partial charge in [-0.15, -0.1) is 0 Å². The van der Waals surface area contributed by atoms with Gasteiger partial charge in [-0.3, -0.25) is 14.6 Å². The summed E-state index contributed by atoms with van der Waals surface area (Å²) in [5.41, 5.74) is 2.82. The number of aryl methyl sites for hydroxylation is 1. The minimum atomic E-state index is -0.760. The van der Waals surface area contributed by atoms with Crippen molar-refractivity contribution in [1.29, 1.82) is 0 Å². The molecule has 0 aliphatic carbocycles. The molecular formula is C30H35N3O3. The largest absolute Gasteiger partial charge is 0.385 e. The van der Waals surface area contributed by atoms with Gasteiger partial charge in [-0.1, -0.05) is 60.7 Å². The number of rotatable bonds is 8. The number of carbonyl (C=O) groups is 2. The van der Waals surface area contributed by atoms with E-state index in [4.69, 9.17) is 4.74 Å². The van der Waals surface area contributed by atoms with Gasteiger partial charge in [0.1, 0.15) is 5.54 Å². The predicted molar refractivity (Wildman–Crippen MR) is 142 cm³/mol. The molecule has 0 saturated carbocycles. The highest BCUT2D eigenvalue weighted by molar-refractivity contribution is 6.07. The lowest BCUT2D eigenvalue weighted by Gasteiger charge is -2.42. The average Bonchev–Trinajstić information content (AvgIpc) is 3.08. The lowest BCUT2D eigenvalue weighted by Crippen LogP contribution is -2.56. The summed E-state index contributed by atoms with van der Waals surface area (Å²) >= 11 is 0. The number of methoxy groups -OCH3 is 1. The van der Waals surface area contributed by atoms with Crippen molar-refractivity contribution in [2.75, 3.05) is 33.4 Å². The molecule has 5 rings (SSSR count). The molecule has 2 heterocycles. The van der Waals surface area contributed by atoms with Crippen molar-refractivity contribution in [3.8, 4) is 0 Å². The van der Waals surface area contributed by atoms with Gasteiger partial charge in [-0.25, -0.2) is 4.79 Å². The number of benzene rings is 3. The fraction of sp³-hybridized carbons (Fsp3) is 0.400. The van der Waals surface area contributed by atoms with Crippen molar-refractivity contribution in [2.45, 2.75) is 44.8 Å². The zero-order valence-electron chi connectivity index (χ0n) is 21.3. The Balaban J connectivity index is 1.35. The highest BCUT2D eigenvalue weighted by atomic mass is 16.5. The maximum Gasteiger partial charge on any atom is 0.327 e. The number of urea groups is 1. The molecule has 0 bridgehead atoms. The van der Waals surface area contributed by atoms with Crippen molar-refractivity contribution in [1.82, 2.24) is 14.7 Å². The van der Waals surface area contributed by atoms with Gasteiger partial charge in [0.15, 0.2) is 0 Å². The first-order valence-corrected chi connectivity index (χ1v) is 12.9. The predicted octanol–water partition coefficient (Wildman–Crippen LogP) is 4.98. The summed E-state index contributed by atoms with van der Waals surface area (Å²) in [6, 6.07) is 22.6. The molecule has 3 aromatic rings. The van der Waals surface area contributed by atoms with E-state index in [2.05, 4.69) is 60.4 Å². The highest BCUT2D eigenvalue weighted by Crippen LogP contribution is 2.38. The molecule has 0 N–H and O–H groups in total. The third kappa shape index (κ3) is 4.63. The minimum Gasteiger partial charge on any atom is -0.385 e. The lowest BCUT2D eigenvalue weighted by molar-refractivity contribution is -0.136. The van der Waals surface area contributed by atoms with Crippen LogP contribution in [-0.2, 0) is 22.6 Å². The van der Waals surface area contributed by atoms with E-state index in [9.17, 15) is 9.59 Å². The number of carbonyl (C=O) groups excluding carboxylic acids is 2. The van der Waals surface area contributed by atoms with Crippen LogP contribution in [0.4, 0.5) is 4.79 Å². The average molecular weight is 486 g/mol. The van der Waals surface area contributed by atoms with E-state index in [1.165, 1.54) is 16.0 Å². The van der Waals surface area contributed by atoms with Crippen molar-refractivity contribution < 1.29 is 14.3 Å². The number of hydrogen-bond donors (Lipinski definition) is 0. The Hall–Kier alpha value is -3.22. The Kier molecular flexibility index (Phi) is 7.08. The van der Waals surface area contributed by atoms with Gasteiger partial charge >= 0.3 is 6.03 Å². The minimum absolute atomic E-state index is 0.0476. The van der Waals surface area contributed by atoms with Crippen molar-refractivity contribution in [3.05, 3.63) is 83.4 Å². The second-order valence-electron chi connectivity index (χ2n) is 10.1. The van der Waals surface area contributed by atoms with Gasteiger partial charge in [0.2, 0.25) is 0 Å². The fourth-order valence-corrected chi connectivity index (χ4v) is 5.71. The fourth-order valence-electron chi connectivity index (χ4n) is 5.71. The third-order valence-corrected chi connectivity index (χ3v) is 7.84. The Labute approximate surface area is 213 Å². The van der Waals surface area contributed by atoms with Crippen molar-refractivity contribution in [2.24, 2.45) is 0 Å². The summed E-state index contributed by atoms with van der Waals surface area (Å²) < 4.78 is 5.25. The molecule has 0 atom stereocenters. The standard InChI is InChI=1S/C30H35N3O3/c1-23-8-3-4-11-27(23)22-31-17-14-30(15-18-31)28(34)32(29(35)33(30)16-7-19-36-2)21-24-12-13-25-9-5-6-10-26(25)20-24/h3-6,8-13,20H,7,14-19,21-22H2,1-2H3. The lowest BCUT2D eigenvalue weighted by atomic mass is 9.85. The van der Waals surface area contributed by atoms with E-state index in [1.807, 2.05) is 23.1 Å². The molecule has 2 aliphatic rings. The van der Waals surface area contributed by atoms with Crippen LogP contribution in [0.15, 0.2) is 66.7 Å². The zero-order valence-corrected chi connectivity index (χ0v) is 21.3. The van der Waals surface area contributed by atoms with Crippen LogP contribution in [-0.4, -0.2) is 65.5 Å². The van der Waals surface area contributed by atoms with E-state index < -0.39 is 5.54 Å². The van der Waals surface area contributed by atoms with Gasteiger partial charge in [-0.05, 0) is 59.7 Å². The molecule has 0 aromatic heterocycles. The monoisotopic (exact) mass is 485 g/mol. The highest BCUT2D eigenvalue weighted by Gasteiger charge is 2.57. The van der Waals surface area contributed by atoms with Crippen LogP contribution in [0.5, 0.6) is 0 Å². The summed E-state index contributed by atoms with van der Waals surface area (Å²) in [7, 11) is 1.67. The maximum atomic E-state index is 13.9. The second kappa shape index (κ2) is 10.4. The van der Waals surface area contributed by atoms with Crippen LogP contribution >= 0.6 is 0 Å². The number of amides is 3. The zero-order chi connectivity index (χ0) is 25.1.